The van der Waals surface area contributed by atoms with Gasteiger partial charge in [-0.1, -0.05) is 0 Å². The molecule has 0 unspecified atom stereocenters. The number of rotatable bonds is 4. The van der Waals surface area contributed by atoms with Gasteiger partial charge in [-0.3, -0.25) is 9.59 Å². The average molecular weight is 599 g/mol. The molecule has 0 aliphatic rings. The van der Waals surface area contributed by atoms with E-state index in [9.17, 15) is 9.59 Å². The van der Waals surface area contributed by atoms with Crippen LogP contribution >= 0.6 is 67.8 Å². The van der Waals surface area contributed by atoms with Gasteiger partial charge in [-0.05, 0) is 93.8 Å². The molecule has 0 saturated carbocycles. The van der Waals surface area contributed by atoms with E-state index in [1.165, 1.54) is 4.90 Å². The molecule has 0 bridgehead atoms. The second-order valence-corrected chi connectivity index (χ2v) is 7.66. The highest BCUT2D eigenvalue weighted by Gasteiger charge is 2.24. The monoisotopic (exact) mass is 599 g/mol. The fourth-order valence-electron chi connectivity index (χ4n) is 1.50. The summed E-state index contributed by atoms with van der Waals surface area (Å²) in [5.41, 5.74) is 0.562. The molecule has 1 aromatic carbocycles. The molecule has 0 atom stereocenters. The number of hydrogen-bond donors (Lipinski definition) is 1. The molecule has 0 spiro atoms. The smallest absolute Gasteiger partial charge is 0.323 e. The highest BCUT2D eigenvalue weighted by molar-refractivity contribution is 14.1. The van der Waals surface area contributed by atoms with Crippen LogP contribution < -0.4 is 0 Å². The van der Waals surface area contributed by atoms with Crippen LogP contribution in [0.3, 0.4) is 0 Å². The zero-order chi connectivity index (χ0) is 14.7. The Kier molecular flexibility index (Phi) is 6.76. The maximum atomic E-state index is 12.5. The number of aliphatic carboxylic acids is 1. The molecule has 1 amide bonds. The number of carboxylic acids is 1. The third-order valence-corrected chi connectivity index (χ3v) is 6.08. The maximum Gasteiger partial charge on any atom is 0.323 e. The standard InChI is InChI=1S/C12H12I3NO3/c1-6(2)16(5-10(17)18)12(19)8-3-7(13)4-9(14)11(8)15/h3-4,6H,5H2,1-2H3,(H,17,18). The Morgan fingerprint density at radius 2 is 1.84 bits per heavy atom. The van der Waals surface area contributed by atoms with E-state index in [4.69, 9.17) is 5.11 Å². The van der Waals surface area contributed by atoms with E-state index in [-0.39, 0.29) is 18.5 Å². The van der Waals surface area contributed by atoms with Crippen molar-refractivity contribution in [2.75, 3.05) is 6.54 Å². The van der Waals surface area contributed by atoms with Crippen molar-refractivity contribution in [3.63, 3.8) is 0 Å². The first-order valence-corrected chi connectivity index (χ1v) is 8.65. The van der Waals surface area contributed by atoms with E-state index in [0.29, 0.717) is 5.56 Å². The second kappa shape index (κ2) is 7.38. The van der Waals surface area contributed by atoms with Gasteiger partial charge in [0.2, 0.25) is 0 Å². The molecule has 1 rings (SSSR count). The van der Waals surface area contributed by atoms with Gasteiger partial charge in [-0.2, -0.15) is 0 Å². The van der Waals surface area contributed by atoms with Gasteiger partial charge in [-0.25, -0.2) is 0 Å². The zero-order valence-electron chi connectivity index (χ0n) is 10.3. The molecule has 0 aliphatic heterocycles. The number of benzene rings is 1. The second-order valence-electron chi connectivity index (χ2n) is 4.17. The topological polar surface area (TPSA) is 57.6 Å². The van der Waals surface area contributed by atoms with Crippen molar-refractivity contribution in [3.05, 3.63) is 28.4 Å². The third-order valence-electron chi connectivity index (χ3n) is 2.41. The molecule has 4 nitrogen and oxygen atoms in total. The third kappa shape index (κ3) is 4.69. The first-order valence-electron chi connectivity index (χ1n) is 5.41. The van der Waals surface area contributed by atoms with Gasteiger partial charge in [-0.15, -0.1) is 0 Å². The molecule has 0 radical (unpaired) electrons. The summed E-state index contributed by atoms with van der Waals surface area (Å²) in [6.07, 6.45) is 0. The number of nitrogens with zero attached hydrogens (tertiary/aromatic N) is 1. The molecule has 0 heterocycles. The predicted molar refractivity (Wildman–Crippen MR) is 98.4 cm³/mol. The molecule has 0 fully saturated rings. The summed E-state index contributed by atoms with van der Waals surface area (Å²) in [7, 11) is 0. The van der Waals surface area contributed by atoms with Gasteiger partial charge in [0, 0.05) is 16.8 Å². The predicted octanol–water partition coefficient (Wildman–Crippen LogP) is 3.44. The molecular weight excluding hydrogens is 587 g/mol. The molecule has 19 heavy (non-hydrogen) atoms. The Hall–Kier alpha value is 0.350. The van der Waals surface area contributed by atoms with Crippen LogP contribution in [0.25, 0.3) is 0 Å². The van der Waals surface area contributed by atoms with Crippen molar-refractivity contribution in [2.45, 2.75) is 19.9 Å². The van der Waals surface area contributed by atoms with Gasteiger partial charge in [0.25, 0.3) is 5.91 Å². The zero-order valence-corrected chi connectivity index (χ0v) is 16.8. The summed E-state index contributed by atoms with van der Waals surface area (Å²) in [4.78, 5) is 24.7. The molecular formula is C12H12I3NO3. The molecule has 7 heteroatoms. The van der Waals surface area contributed by atoms with Crippen LogP contribution in [0.4, 0.5) is 0 Å². The van der Waals surface area contributed by atoms with Crippen LogP contribution in [-0.2, 0) is 4.79 Å². The van der Waals surface area contributed by atoms with Gasteiger partial charge in [0.15, 0.2) is 0 Å². The summed E-state index contributed by atoms with van der Waals surface area (Å²) in [6.45, 7) is 3.34. The number of carbonyl (C=O) groups is 2. The van der Waals surface area contributed by atoms with Crippen LogP contribution in [0, 0.1) is 10.7 Å². The summed E-state index contributed by atoms with van der Waals surface area (Å²) in [6, 6.07) is 3.62. The van der Waals surface area contributed by atoms with Gasteiger partial charge < -0.3 is 10.0 Å². The first-order chi connectivity index (χ1) is 8.73. The normalized spacial score (nSPS) is 10.6. The maximum absolute atomic E-state index is 12.5. The van der Waals surface area contributed by atoms with E-state index in [1.807, 2.05) is 19.9 Å². The van der Waals surface area contributed by atoms with E-state index >= 15 is 0 Å². The van der Waals surface area contributed by atoms with Crippen LogP contribution in [0.2, 0.25) is 0 Å². The molecule has 0 aliphatic carbocycles. The van der Waals surface area contributed by atoms with Crippen molar-refractivity contribution >= 4 is 79.6 Å². The lowest BCUT2D eigenvalue weighted by Gasteiger charge is -2.25. The minimum atomic E-state index is -1.00. The summed E-state index contributed by atoms with van der Waals surface area (Å²) < 4.78 is 2.82. The summed E-state index contributed by atoms with van der Waals surface area (Å²) in [5.74, 6) is -1.24. The van der Waals surface area contributed by atoms with Crippen molar-refractivity contribution in [2.24, 2.45) is 0 Å². The van der Waals surface area contributed by atoms with E-state index in [2.05, 4.69) is 67.8 Å². The van der Waals surface area contributed by atoms with Gasteiger partial charge >= 0.3 is 5.97 Å². The minimum absolute atomic E-state index is 0.157. The number of amides is 1. The highest BCUT2D eigenvalue weighted by atomic mass is 127. The van der Waals surface area contributed by atoms with Crippen molar-refractivity contribution in [1.82, 2.24) is 4.90 Å². The number of carboxylic acid groups (broad SMARTS) is 1. The lowest BCUT2D eigenvalue weighted by Crippen LogP contribution is -2.41. The quantitative estimate of drug-likeness (QED) is 0.427. The largest absolute Gasteiger partial charge is 0.480 e. The van der Waals surface area contributed by atoms with Crippen LogP contribution in [0.5, 0.6) is 0 Å². The fraction of sp³-hybridized carbons (Fsp3) is 0.333. The Morgan fingerprint density at radius 3 is 2.32 bits per heavy atom. The molecule has 1 aromatic rings. The number of carbonyl (C=O) groups excluding carboxylic acids is 1. The van der Waals surface area contributed by atoms with E-state index in [0.717, 1.165) is 10.7 Å². The molecule has 0 aromatic heterocycles. The number of halogens is 3. The molecule has 0 saturated heterocycles. The Balaban J connectivity index is 3.20. The SMILES string of the molecule is CC(C)N(CC(=O)O)C(=O)c1cc(I)cc(I)c1I. The van der Waals surface area contributed by atoms with Gasteiger partial charge in [0.05, 0.1) is 5.56 Å². The van der Waals surface area contributed by atoms with Crippen molar-refractivity contribution in [1.29, 1.82) is 0 Å². The minimum Gasteiger partial charge on any atom is -0.480 e. The van der Waals surface area contributed by atoms with E-state index in [1.54, 1.807) is 6.07 Å². The lowest BCUT2D eigenvalue weighted by molar-refractivity contribution is -0.138. The lowest BCUT2D eigenvalue weighted by atomic mass is 10.1. The van der Waals surface area contributed by atoms with Crippen LogP contribution in [-0.4, -0.2) is 34.5 Å². The molecule has 104 valence electrons. The molecule has 1 N–H and O–H groups in total. The first kappa shape index (κ1) is 17.4. The summed E-state index contributed by atoms with van der Waals surface area (Å²) in [5, 5.41) is 8.91. The summed E-state index contributed by atoms with van der Waals surface area (Å²) >= 11 is 6.45. The fourth-order valence-corrected chi connectivity index (χ4v) is 3.89. The van der Waals surface area contributed by atoms with Crippen LogP contribution in [0.1, 0.15) is 24.2 Å². The Bertz CT molecular complexity index is 517. The average Bonchev–Trinajstić information content (AvgIpc) is 2.29. The van der Waals surface area contributed by atoms with E-state index < -0.39 is 5.97 Å². The van der Waals surface area contributed by atoms with Crippen molar-refractivity contribution < 1.29 is 14.7 Å². The van der Waals surface area contributed by atoms with Crippen LogP contribution in [0.15, 0.2) is 12.1 Å². The van der Waals surface area contributed by atoms with Crippen molar-refractivity contribution in [3.8, 4) is 0 Å². The Labute approximate surface area is 152 Å². The number of hydrogen-bond acceptors (Lipinski definition) is 2. The van der Waals surface area contributed by atoms with Gasteiger partial charge in [0.1, 0.15) is 6.54 Å². The highest BCUT2D eigenvalue weighted by Crippen LogP contribution is 2.24. The Morgan fingerprint density at radius 1 is 1.26 bits per heavy atom.